The van der Waals surface area contributed by atoms with Crippen molar-refractivity contribution in [2.75, 3.05) is 12.8 Å². The Morgan fingerprint density at radius 1 is 1.19 bits per heavy atom. The largest absolute Gasteiger partial charge is 0.388 e. The predicted molar refractivity (Wildman–Crippen MR) is 125 cm³/mol. The lowest BCUT2D eigenvalue weighted by Gasteiger charge is -2.44. The lowest BCUT2D eigenvalue weighted by molar-refractivity contribution is -0.205. The van der Waals surface area contributed by atoms with Gasteiger partial charge in [-0.2, -0.15) is 0 Å². The summed E-state index contributed by atoms with van der Waals surface area (Å²) in [7, 11) is 0. The lowest BCUT2D eigenvalue weighted by Crippen LogP contribution is -2.65. The molecule has 2 aliphatic heterocycles. The van der Waals surface area contributed by atoms with Crippen molar-refractivity contribution in [3.8, 4) is 0 Å². The lowest BCUT2D eigenvalue weighted by atomic mass is 9.90. The van der Waals surface area contributed by atoms with Crippen LogP contribution in [0.25, 0.3) is 0 Å². The van der Waals surface area contributed by atoms with Crippen LogP contribution in [0.5, 0.6) is 0 Å². The molecule has 0 aromatic carbocycles. The Morgan fingerprint density at radius 2 is 1.90 bits per heavy atom. The molecule has 1 amide bonds. The van der Waals surface area contributed by atoms with E-state index in [0.717, 1.165) is 31.7 Å². The molecule has 0 aromatic heterocycles. The number of carbonyl (C=O) groups is 1. The third-order valence-corrected chi connectivity index (χ3v) is 8.01. The fraction of sp³-hybridized carbons (Fsp3) is 0.955. The molecular weight excluding hydrogens is 440 g/mol. The van der Waals surface area contributed by atoms with Crippen molar-refractivity contribution in [1.29, 1.82) is 0 Å². The van der Waals surface area contributed by atoms with Gasteiger partial charge in [0.25, 0.3) is 0 Å². The van der Waals surface area contributed by atoms with Crippen LogP contribution in [0.3, 0.4) is 0 Å². The Hall–Kier alpha value is -0.0900. The molecule has 2 aliphatic rings. The molecule has 0 radical (unpaired) electrons. The Morgan fingerprint density at radius 3 is 2.52 bits per heavy atom. The Kier molecular flexibility index (Phi) is 11.4. The first-order chi connectivity index (χ1) is 14.7. The summed E-state index contributed by atoms with van der Waals surface area (Å²) in [5.41, 5.74) is -0.708. The molecule has 7 nitrogen and oxygen atoms in total. The monoisotopic (exact) mass is 480 g/mol. The van der Waals surface area contributed by atoms with E-state index < -0.39 is 41.3 Å². The SMILES string of the molecule is CCC(C)CC[C@@H]1CCN[C@H](C(=O)N[C@H]([C@H](C)Cl)[C@H]2OC(SC)[C@H](O)C(O)C2O)CC1. The topological polar surface area (TPSA) is 111 Å². The average Bonchev–Trinajstić information content (AvgIpc) is 3.00. The Bertz CT molecular complexity index is 556. The third-order valence-electron chi connectivity index (χ3n) is 6.88. The molecule has 0 saturated carbocycles. The van der Waals surface area contributed by atoms with Gasteiger partial charge in [-0.15, -0.1) is 23.4 Å². The van der Waals surface area contributed by atoms with E-state index in [1.807, 2.05) is 0 Å². The zero-order chi connectivity index (χ0) is 23.1. The zero-order valence-corrected chi connectivity index (χ0v) is 20.7. The number of aliphatic hydroxyl groups excluding tert-OH is 3. The van der Waals surface area contributed by atoms with E-state index in [0.29, 0.717) is 5.92 Å². The highest BCUT2D eigenvalue weighted by molar-refractivity contribution is 7.99. The Labute approximate surface area is 196 Å². The van der Waals surface area contributed by atoms with E-state index in [2.05, 4.69) is 24.5 Å². The predicted octanol–water partition coefficient (Wildman–Crippen LogP) is 1.85. The zero-order valence-electron chi connectivity index (χ0n) is 19.2. The molecule has 9 heteroatoms. The summed E-state index contributed by atoms with van der Waals surface area (Å²) in [6.07, 6.45) is 3.36. The van der Waals surface area contributed by atoms with Gasteiger partial charge in [0.1, 0.15) is 29.9 Å². The normalized spacial score (nSPS) is 37.5. The van der Waals surface area contributed by atoms with Gasteiger partial charge < -0.3 is 30.7 Å². The summed E-state index contributed by atoms with van der Waals surface area (Å²) >= 11 is 7.60. The van der Waals surface area contributed by atoms with Crippen LogP contribution < -0.4 is 10.6 Å². The molecule has 31 heavy (non-hydrogen) atoms. The van der Waals surface area contributed by atoms with Crippen LogP contribution in [0.1, 0.15) is 59.3 Å². The number of thioether (sulfide) groups is 1. The molecular formula is C22H41ClN2O5S. The summed E-state index contributed by atoms with van der Waals surface area (Å²) in [4.78, 5) is 13.0. The van der Waals surface area contributed by atoms with E-state index in [4.69, 9.17) is 16.3 Å². The first-order valence-electron chi connectivity index (χ1n) is 11.6. The number of ether oxygens (including phenoxy) is 1. The summed E-state index contributed by atoms with van der Waals surface area (Å²) in [6.45, 7) is 7.03. The minimum Gasteiger partial charge on any atom is -0.388 e. The average molecular weight is 481 g/mol. The number of halogens is 1. The molecule has 2 heterocycles. The van der Waals surface area contributed by atoms with Crippen LogP contribution in [0.2, 0.25) is 0 Å². The second-order valence-electron chi connectivity index (χ2n) is 9.22. The minimum absolute atomic E-state index is 0.169. The van der Waals surface area contributed by atoms with Gasteiger partial charge in [-0.05, 0) is 50.8 Å². The highest BCUT2D eigenvalue weighted by atomic mass is 35.5. The molecule has 0 aliphatic carbocycles. The van der Waals surface area contributed by atoms with Crippen molar-refractivity contribution in [3.05, 3.63) is 0 Å². The van der Waals surface area contributed by atoms with Crippen molar-refractivity contribution in [3.63, 3.8) is 0 Å². The van der Waals surface area contributed by atoms with E-state index in [1.54, 1.807) is 13.2 Å². The summed E-state index contributed by atoms with van der Waals surface area (Å²) in [5.74, 6) is 1.20. The van der Waals surface area contributed by atoms with Gasteiger partial charge >= 0.3 is 0 Å². The summed E-state index contributed by atoms with van der Waals surface area (Å²) < 4.78 is 5.83. The van der Waals surface area contributed by atoms with Gasteiger partial charge in [-0.1, -0.05) is 33.1 Å². The van der Waals surface area contributed by atoms with Crippen LogP contribution in [0.4, 0.5) is 0 Å². The quantitative estimate of drug-likeness (QED) is 0.320. The number of hydrogen-bond donors (Lipinski definition) is 5. The van der Waals surface area contributed by atoms with Crippen LogP contribution in [0, 0.1) is 11.8 Å². The molecule has 0 spiro atoms. The van der Waals surface area contributed by atoms with E-state index in [-0.39, 0.29) is 11.9 Å². The molecule has 2 fully saturated rings. The second-order valence-corrected chi connectivity index (χ2v) is 10.8. The van der Waals surface area contributed by atoms with Crippen molar-refractivity contribution in [2.24, 2.45) is 11.8 Å². The van der Waals surface area contributed by atoms with Crippen LogP contribution in [-0.2, 0) is 9.53 Å². The van der Waals surface area contributed by atoms with Crippen LogP contribution in [-0.4, -0.2) is 81.3 Å². The number of alkyl halides is 1. The number of aliphatic hydroxyl groups is 3. The first kappa shape index (κ1) is 27.2. The summed E-state index contributed by atoms with van der Waals surface area (Å²) in [5, 5.41) is 36.6. The van der Waals surface area contributed by atoms with E-state index in [1.165, 1.54) is 31.0 Å². The molecule has 10 atom stereocenters. The maximum absolute atomic E-state index is 13.0. The van der Waals surface area contributed by atoms with Gasteiger partial charge in [-0.25, -0.2) is 0 Å². The molecule has 0 bridgehead atoms. The van der Waals surface area contributed by atoms with Crippen molar-refractivity contribution in [2.45, 2.75) is 107 Å². The first-order valence-corrected chi connectivity index (χ1v) is 13.3. The number of amides is 1. The van der Waals surface area contributed by atoms with Gasteiger partial charge in [0, 0.05) is 0 Å². The van der Waals surface area contributed by atoms with Gasteiger partial charge in [0.15, 0.2) is 0 Å². The maximum Gasteiger partial charge on any atom is 0.237 e. The minimum atomic E-state index is -1.37. The standard InChI is InChI=1S/C22H41ClN2O5S/c1-5-12(2)6-7-14-8-9-15(24-11-10-14)21(29)25-16(13(3)23)20-18(27)17(26)19(28)22(30-20)31-4/h12-20,22,24,26-28H,5-11H2,1-4H3,(H,25,29)/t12?,13-,14-,15-,16+,17?,18?,19+,20+,22?/m0/s1. The van der Waals surface area contributed by atoms with Crippen molar-refractivity contribution < 1.29 is 24.9 Å². The molecule has 0 aromatic rings. The maximum atomic E-state index is 13.0. The van der Waals surface area contributed by atoms with Gasteiger partial charge in [0.05, 0.1) is 17.5 Å². The van der Waals surface area contributed by atoms with Gasteiger partial charge in [-0.3, -0.25) is 4.79 Å². The smallest absolute Gasteiger partial charge is 0.237 e. The fourth-order valence-electron chi connectivity index (χ4n) is 4.44. The summed E-state index contributed by atoms with van der Waals surface area (Å²) in [6, 6.07) is -1.02. The Balaban J connectivity index is 1.97. The van der Waals surface area contributed by atoms with Crippen LogP contribution in [0.15, 0.2) is 0 Å². The molecule has 182 valence electrons. The highest BCUT2D eigenvalue weighted by Gasteiger charge is 2.48. The number of nitrogens with one attached hydrogen (secondary N) is 2. The van der Waals surface area contributed by atoms with Crippen molar-refractivity contribution in [1.82, 2.24) is 10.6 Å². The number of rotatable bonds is 9. The number of carbonyl (C=O) groups excluding carboxylic acids is 1. The molecule has 4 unspecified atom stereocenters. The van der Waals surface area contributed by atoms with Crippen LogP contribution >= 0.6 is 23.4 Å². The van der Waals surface area contributed by atoms with Crippen molar-refractivity contribution >= 4 is 29.3 Å². The third kappa shape index (κ3) is 7.45. The molecule has 2 rings (SSSR count). The fourth-order valence-corrected chi connectivity index (χ4v) is 5.32. The van der Waals surface area contributed by atoms with Gasteiger partial charge in [0.2, 0.25) is 5.91 Å². The molecule has 2 saturated heterocycles. The highest BCUT2D eigenvalue weighted by Crippen LogP contribution is 2.30. The van der Waals surface area contributed by atoms with E-state index >= 15 is 0 Å². The number of hydrogen-bond acceptors (Lipinski definition) is 7. The van der Waals surface area contributed by atoms with E-state index in [9.17, 15) is 20.1 Å². The molecule has 5 N–H and O–H groups in total. The second kappa shape index (κ2) is 13.0.